The van der Waals surface area contributed by atoms with Gasteiger partial charge in [-0.2, -0.15) is 0 Å². The molecule has 1 heterocycles. The van der Waals surface area contributed by atoms with E-state index in [-0.39, 0.29) is 17.9 Å². The van der Waals surface area contributed by atoms with Crippen molar-refractivity contribution in [3.8, 4) is 5.75 Å². The normalized spacial score (nSPS) is 13.8. The molecule has 3 nitrogen and oxygen atoms in total. The average molecular weight is 182 g/mol. The maximum Gasteiger partial charge on any atom is 0.342 e. The van der Waals surface area contributed by atoms with E-state index in [4.69, 9.17) is 4.74 Å². The summed E-state index contributed by atoms with van der Waals surface area (Å²) in [6.07, 6.45) is 0. The predicted molar refractivity (Wildman–Crippen MR) is 42.1 cm³/mol. The van der Waals surface area contributed by atoms with Gasteiger partial charge in [-0.3, -0.25) is 0 Å². The van der Waals surface area contributed by atoms with Gasteiger partial charge in [0.2, 0.25) is 0 Å². The number of rotatable bonds is 1. The molecule has 68 valence electrons. The summed E-state index contributed by atoms with van der Waals surface area (Å²) in [5, 5.41) is 0. The molecule has 0 aliphatic carbocycles. The van der Waals surface area contributed by atoms with E-state index in [9.17, 15) is 9.18 Å². The monoisotopic (exact) mass is 182 g/mol. The number of cyclic esters (lactones) is 1. The minimum Gasteiger partial charge on any atom is -0.494 e. The summed E-state index contributed by atoms with van der Waals surface area (Å²) < 4.78 is 22.8. The molecular formula is C9H7FO3. The van der Waals surface area contributed by atoms with Crippen LogP contribution in [0.4, 0.5) is 4.39 Å². The molecule has 0 aromatic heterocycles. The van der Waals surface area contributed by atoms with Crippen molar-refractivity contribution in [3.63, 3.8) is 0 Å². The standard InChI is InChI=1S/C9H7FO3/c1-12-6-3-2-5-4-13-9(11)7(5)8(6)10/h2-3H,4H2,1H3. The Hall–Kier alpha value is -1.58. The van der Waals surface area contributed by atoms with Gasteiger partial charge < -0.3 is 9.47 Å². The molecule has 1 aromatic carbocycles. The van der Waals surface area contributed by atoms with Gasteiger partial charge in [-0.25, -0.2) is 9.18 Å². The summed E-state index contributed by atoms with van der Waals surface area (Å²) in [5.41, 5.74) is 0.572. The molecule has 1 aromatic rings. The topological polar surface area (TPSA) is 35.5 Å². The second kappa shape index (κ2) is 2.73. The van der Waals surface area contributed by atoms with Crippen molar-refractivity contribution >= 4 is 5.97 Å². The van der Waals surface area contributed by atoms with Crippen LogP contribution in [0.5, 0.6) is 5.75 Å². The highest BCUT2D eigenvalue weighted by Gasteiger charge is 2.27. The van der Waals surface area contributed by atoms with E-state index < -0.39 is 11.8 Å². The number of ether oxygens (including phenoxy) is 2. The van der Waals surface area contributed by atoms with Gasteiger partial charge in [0.05, 0.1) is 7.11 Å². The molecule has 0 unspecified atom stereocenters. The minimum atomic E-state index is -0.637. The smallest absolute Gasteiger partial charge is 0.342 e. The summed E-state index contributed by atoms with van der Waals surface area (Å²) in [4.78, 5) is 11.0. The van der Waals surface area contributed by atoms with Crippen LogP contribution in [0.1, 0.15) is 15.9 Å². The van der Waals surface area contributed by atoms with Crippen LogP contribution in [0.3, 0.4) is 0 Å². The minimum absolute atomic E-state index is 0.000602. The van der Waals surface area contributed by atoms with Crippen molar-refractivity contribution in [1.82, 2.24) is 0 Å². The molecular weight excluding hydrogens is 175 g/mol. The fourth-order valence-corrected chi connectivity index (χ4v) is 1.31. The number of fused-ring (bicyclic) bond motifs is 1. The molecule has 0 bridgehead atoms. The van der Waals surface area contributed by atoms with Crippen molar-refractivity contribution in [1.29, 1.82) is 0 Å². The molecule has 4 heteroatoms. The molecule has 1 aliphatic rings. The van der Waals surface area contributed by atoms with Crippen LogP contribution in [-0.2, 0) is 11.3 Å². The lowest BCUT2D eigenvalue weighted by Gasteiger charge is -2.02. The lowest BCUT2D eigenvalue weighted by Crippen LogP contribution is -2.00. The fourth-order valence-electron chi connectivity index (χ4n) is 1.31. The predicted octanol–water partition coefficient (Wildman–Crippen LogP) is 1.50. The van der Waals surface area contributed by atoms with Crippen LogP contribution >= 0.6 is 0 Å². The summed E-state index contributed by atoms with van der Waals surface area (Å²) >= 11 is 0. The lowest BCUT2D eigenvalue weighted by atomic mass is 10.1. The lowest BCUT2D eigenvalue weighted by molar-refractivity contribution is 0.0531. The van der Waals surface area contributed by atoms with Crippen molar-refractivity contribution in [3.05, 3.63) is 29.1 Å². The van der Waals surface area contributed by atoms with E-state index >= 15 is 0 Å². The number of hydrogen-bond acceptors (Lipinski definition) is 3. The molecule has 0 N–H and O–H groups in total. The third-order valence-corrected chi connectivity index (χ3v) is 1.98. The number of halogens is 1. The van der Waals surface area contributed by atoms with Gasteiger partial charge >= 0.3 is 5.97 Å². The van der Waals surface area contributed by atoms with Gasteiger partial charge in [0.15, 0.2) is 11.6 Å². The van der Waals surface area contributed by atoms with Crippen molar-refractivity contribution in [2.45, 2.75) is 6.61 Å². The molecule has 0 saturated carbocycles. The van der Waals surface area contributed by atoms with Crippen molar-refractivity contribution < 1.29 is 18.7 Å². The van der Waals surface area contributed by atoms with Crippen LogP contribution in [0.15, 0.2) is 12.1 Å². The first-order valence-electron chi connectivity index (χ1n) is 3.76. The largest absolute Gasteiger partial charge is 0.494 e. The van der Waals surface area contributed by atoms with E-state index in [1.54, 1.807) is 6.07 Å². The maximum atomic E-state index is 13.4. The van der Waals surface area contributed by atoms with Gasteiger partial charge in [-0.1, -0.05) is 6.07 Å². The first-order valence-corrected chi connectivity index (χ1v) is 3.76. The zero-order valence-corrected chi connectivity index (χ0v) is 6.96. The van der Waals surface area contributed by atoms with Crippen LogP contribution in [0, 0.1) is 5.82 Å². The van der Waals surface area contributed by atoms with Crippen LogP contribution in [0.2, 0.25) is 0 Å². The summed E-state index contributed by atoms with van der Waals surface area (Å²) in [6, 6.07) is 3.11. The Morgan fingerprint density at radius 2 is 2.31 bits per heavy atom. The Labute approximate surface area is 74.1 Å². The molecule has 0 radical (unpaired) electrons. The molecule has 0 spiro atoms. The SMILES string of the molecule is COc1ccc2c(c1F)C(=O)OC2. The van der Waals surface area contributed by atoms with Crippen LogP contribution in [-0.4, -0.2) is 13.1 Å². The van der Waals surface area contributed by atoms with Crippen molar-refractivity contribution in [2.24, 2.45) is 0 Å². The first kappa shape index (κ1) is 8.04. The third-order valence-electron chi connectivity index (χ3n) is 1.98. The average Bonchev–Trinajstić information content (AvgIpc) is 2.49. The molecule has 0 amide bonds. The van der Waals surface area contributed by atoms with Gasteiger partial charge in [-0.15, -0.1) is 0 Å². The van der Waals surface area contributed by atoms with Gasteiger partial charge in [0.25, 0.3) is 0 Å². The molecule has 0 atom stereocenters. The molecule has 0 saturated heterocycles. The zero-order valence-electron chi connectivity index (χ0n) is 6.96. The highest BCUT2D eigenvalue weighted by molar-refractivity contribution is 5.94. The highest BCUT2D eigenvalue weighted by Crippen LogP contribution is 2.28. The van der Waals surface area contributed by atoms with E-state index in [0.717, 1.165) is 0 Å². The van der Waals surface area contributed by atoms with Gasteiger partial charge in [-0.05, 0) is 6.07 Å². The summed E-state index contributed by atoms with van der Waals surface area (Å²) in [6.45, 7) is 0.148. The highest BCUT2D eigenvalue weighted by atomic mass is 19.1. The number of methoxy groups -OCH3 is 1. The van der Waals surface area contributed by atoms with E-state index in [2.05, 4.69) is 4.74 Å². The second-order valence-electron chi connectivity index (χ2n) is 2.69. The Kier molecular flexibility index (Phi) is 1.69. The Morgan fingerprint density at radius 1 is 1.54 bits per heavy atom. The van der Waals surface area contributed by atoms with Gasteiger partial charge in [0, 0.05) is 5.56 Å². The van der Waals surface area contributed by atoms with E-state index in [0.29, 0.717) is 5.56 Å². The van der Waals surface area contributed by atoms with Gasteiger partial charge in [0.1, 0.15) is 12.2 Å². The molecule has 1 aliphatic heterocycles. The first-order chi connectivity index (χ1) is 6.24. The van der Waals surface area contributed by atoms with E-state index in [1.807, 2.05) is 0 Å². The van der Waals surface area contributed by atoms with Crippen molar-refractivity contribution in [2.75, 3.05) is 7.11 Å². The molecule has 13 heavy (non-hydrogen) atoms. The quantitative estimate of drug-likeness (QED) is 0.617. The summed E-state index contributed by atoms with van der Waals surface area (Å²) in [5.74, 6) is -1.19. The number of hydrogen-bond donors (Lipinski definition) is 0. The third kappa shape index (κ3) is 1.06. The fraction of sp³-hybridized carbons (Fsp3) is 0.222. The maximum absolute atomic E-state index is 13.4. The molecule has 2 rings (SSSR count). The second-order valence-corrected chi connectivity index (χ2v) is 2.69. The van der Waals surface area contributed by atoms with Crippen LogP contribution in [0.25, 0.3) is 0 Å². The Morgan fingerprint density at radius 3 is 3.00 bits per heavy atom. The zero-order chi connectivity index (χ0) is 9.42. The number of carbonyl (C=O) groups excluding carboxylic acids is 1. The summed E-state index contributed by atoms with van der Waals surface area (Å²) in [7, 11) is 1.35. The Balaban J connectivity index is 2.63. The van der Waals surface area contributed by atoms with Crippen LogP contribution < -0.4 is 4.74 Å². The molecule has 0 fully saturated rings. The number of esters is 1. The van der Waals surface area contributed by atoms with E-state index in [1.165, 1.54) is 13.2 Å². The number of benzene rings is 1. The Bertz CT molecular complexity index is 373. The number of carbonyl (C=O) groups is 1.